The smallest absolute Gasteiger partial charge is 0.230 e. The second-order valence-corrected chi connectivity index (χ2v) is 7.37. The first-order valence-corrected chi connectivity index (χ1v) is 9.28. The van der Waals surface area contributed by atoms with Gasteiger partial charge in [0.2, 0.25) is 5.91 Å². The van der Waals surface area contributed by atoms with E-state index < -0.39 is 5.41 Å². The van der Waals surface area contributed by atoms with Crippen LogP contribution in [-0.4, -0.2) is 25.2 Å². The summed E-state index contributed by atoms with van der Waals surface area (Å²) in [6.45, 7) is 3.37. The lowest BCUT2D eigenvalue weighted by atomic mass is 9.64. The highest BCUT2D eigenvalue weighted by molar-refractivity contribution is 5.89. The van der Waals surface area contributed by atoms with Gasteiger partial charge < -0.3 is 10.1 Å². The highest BCUT2D eigenvalue weighted by Gasteiger charge is 2.45. The normalized spacial score (nSPS) is 25.8. The van der Waals surface area contributed by atoms with E-state index in [2.05, 4.69) is 12.2 Å². The molecule has 0 bridgehead atoms. The molecule has 2 aliphatic rings. The second-order valence-electron chi connectivity index (χ2n) is 7.37. The van der Waals surface area contributed by atoms with Gasteiger partial charge in [-0.05, 0) is 49.3 Å². The van der Waals surface area contributed by atoms with Gasteiger partial charge in [-0.2, -0.15) is 0 Å². The van der Waals surface area contributed by atoms with Crippen molar-refractivity contribution in [2.45, 2.75) is 63.4 Å². The zero-order valence-electron chi connectivity index (χ0n) is 14.5. The van der Waals surface area contributed by atoms with Crippen molar-refractivity contribution in [3.05, 3.63) is 35.6 Å². The SMILES string of the molecule is C[C@@H]1CCCC[C@H]1OCCNC(=O)C1(c2ccc(F)cc2)CCC1. The van der Waals surface area contributed by atoms with Gasteiger partial charge >= 0.3 is 0 Å². The number of amides is 1. The third kappa shape index (κ3) is 3.64. The predicted octanol–water partition coefficient (Wildman–Crippen LogP) is 3.96. The summed E-state index contributed by atoms with van der Waals surface area (Å²) in [6.07, 6.45) is 7.98. The molecule has 2 atom stereocenters. The van der Waals surface area contributed by atoms with Gasteiger partial charge in [-0.25, -0.2) is 4.39 Å². The molecular formula is C20H28FNO2. The Hall–Kier alpha value is -1.42. The number of hydrogen-bond acceptors (Lipinski definition) is 2. The van der Waals surface area contributed by atoms with E-state index in [9.17, 15) is 9.18 Å². The van der Waals surface area contributed by atoms with E-state index in [1.165, 1.54) is 31.4 Å². The Morgan fingerprint density at radius 2 is 1.92 bits per heavy atom. The summed E-state index contributed by atoms with van der Waals surface area (Å²) in [4.78, 5) is 12.7. The number of hydrogen-bond donors (Lipinski definition) is 1. The van der Waals surface area contributed by atoms with Crippen LogP contribution in [0.25, 0.3) is 0 Å². The number of halogens is 1. The molecule has 0 unspecified atom stereocenters. The quantitative estimate of drug-likeness (QED) is 0.800. The third-order valence-electron chi connectivity index (χ3n) is 5.79. The molecule has 0 saturated heterocycles. The van der Waals surface area contributed by atoms with Crippen molar-refractivity contribution in [1.29, 1.82) is 0 Å². The Morgan fingerprint density at radius 1 is 1.21 bits per heavy atom. The minimum atomic E-state index is -0.466. The molecule has 0 heterocycles. The van der Waals surface area contributed by atoms with Crippen LogP contribution in [0.1, 0.15) is 57.4 Å². The molecule has 2 aliphatic carbocycles. The lowest BCUT2D eigenvalue weighted by Gasteiger charge is -2.40. The molecule has 3 nitrogen and oxygen atoms in total. The van der Waals surface area contributed by atoms with Crippen LogP contribution in [0.3, 0.4) is 0 Å². The first kappa shape index (κ1) is 17.4. The lowest BCUT2D eigenvalue weighted by molar-refractivity contribution is -0.130. The molecule has 0 aliphatic heterocycles. The monoisotopic (exact) mass is 333 g/mol. The number of rotatable bonds is 6. The summed E-state index contributed by atoms with van der Waals surface area (Å²) in [5.74, 6) is 0.413. The highest BCUT2D eigenvalue weighted by atomic mass is 19.1. The van der Waals surface area contributed by atoms with Crippen LogP contribution >= 0.6 is 0 Å². The zero-order chi connectivity index (χ0) is 17.0. The number of nitrogens with one attached hydrogen (secondary N) is 1. The van der Waals surface area contributed by atoms with Crippen molar-refractivity contribution in [2.75, 3.05) is 13.2 Å². The van der Waals surface area contributed by atoms with Crippen LogP contribution in [0.2, 0.25) is 0 Å². The zero-order valence-corrected chi connectivity index (χ0v) is 14.5. The van der Waals surface area contributed by atoms with Crippen molar-refractivity contribution in [3.63, 3.8) is 0 Å². The van der Waals surface area contributed by atoms with E-state index in [-0.39, 0.29) is 11.7 Å². The van der Waals surface area contributed by atoms with Crippen molar-refractivity contribution >= 4 is 5.91 Å². The van der Waals surface area contributed by atoms with Crippen LogP contribution in [0.4, 0.5) is 4.39 Å². The highest BCUT2D eigenvalue weighted by Crippen LogP contribution is 2.43. The first-order valence-electron chi connectivity index (χ1n) is 9.28. The van der Waals surface area contributed by atoms with Gasteiger partial charge in [-0.1, -0.05) is 38.3 Å². The van der Waals surface area contributed by atoms with Gasteiger partial charge in [-0.15, -0.1) is 0 Å². The van der Waals surface area contributed by atoms with Gasteiger partial charge in [0, 0.05) is 6.54 Å². The van der Waals surface area contributed by atoms with E-state index in [4.69, 9.17) is 4.74 Å². The average Bonchev–Trinajstić information content (AvgIpc) is 2.54. The maximum Gasteiger partial charge on any atom is 0.230 e. The fourth-order valence-corrected chi connectivity index (χ4v) is 4.02. The van der Waals surface area contributed by atoms with E-state index in [0.29, 0.717) is 25.2 Å². The van der Waals surface area contributed by atoms with E-state index >= 15 is 0 Å². The summed E-state index contributed by atoms with van der Waals surface area (Å²) in [5, 5.41) is 3.04. The molecular weight excluding hydrogens is 305 g/mol. The Labute approximate surface area is 144 Å². The van der Waals surface area contributed by atoms with Crippen LogP contribution in [0.5, 0.6) is 0 Å². The minimum absolute atomic E-state index is 0.0562. The minimum Gasteiger partial charge on any atom is -0.376 e. The van der Waals surface area contributed by atoms with Crippen molar-refractivity contribution in [2.24, 2.45) is 5.92 Å². The summed E-state index contributed by atoms with van der Waals surface area (Å²) in [6, 6.07) is 6.37. The van der Waals surface area contributed by atoms with Gasteiger partial charge in [0.1, 0.15) is 5.82 Å². The van der Waals surface area contributed by atoms with Crippen LogP contribution in [0.15, 0.2) is 24.3 Å². The lowest BCUT2D eigenvalue weighted by Crippen LogP contribution is -2.50. The van der Waals surface area contributed by atoms with E-state index in [1.807, 2.05) is 0 Å². The maximum absolute atomic E-state index is 13.1. The predicted molar refractivity (Wildman–Crippen MR) is 92.3 cm³/mol. The number of benzene rings is 1. The summed E-state index contributed by atoms with van der Waals surface area (Å²) >= 11 is 0. The molecule has 3 rings (SSSR count). The van der Waals surface area contributed by atoms with Crippen molar-refractivity contribution < 1.29 is 13.9 Å². The topological polar surface area (TPSA) is 38.3 Å². The molecule has 24 heavy (non-hydrogen) atoms. The molecule has 1 aromatic rings. The van der Waals surface area contributed by atoms with Crippen molar-refractivity contribution in [1.82, 2.24) is 5.32 Å². The molecule has 0 spiro atoms. The maximum atomic E-state index is 13.1. The van der Waals surface area contributed by atoms with Gasteiger partial charge in [0.15, 0.2) is 0 Å². The second kappa shape index (κ2) is 7.64. The van der Waals surface area contributed by atoms with Gasteiger partial charge in [0.25, 0.3) is 0 Å². The Bertz CT molecular complexity index is 553. The largest absolute Gasteiger partial charge is 0.376 e. The molecule has 0 radical (unpaired) electrons. The summed E-state index contributed by atoms with van der Waals surface area (Å²) in [7, 11) is 0. The van der Waals surface area contributed by atoms with Crippen LogP contribution in [-0.2, 0) is 14.9 Å². The molecule has 0 aromatic heterocycles. The molecule has 4 heteroatoms. The van der Waals surface area contributed by atoms with Crippen molar-refractivity contribution in [3.8, 4) is 0 Å². The Kier molecular flexibility index (Phi) is 5.54. The third-order valence-corrected chi connectivity index (χ3v) is 5.79. The Morgan fingerprint density at radius 3 is 2.54 bits per heavy atom. The fraction of sp³-hybridized carbons (Fsp3) is 0.650. The molecule has 1 N–H and O–H groups in total. The Balaban J connectivity index is 1.49. The average molecular weight is 333 g/mol. The standard InChI is InChI=1S/C20H28FNO2/c1-15-5-2-3-6-18(15)24-14-13-22-19(23)20(11-4-12-20)16-7-9-17(21)10-8-16/h7-10,15,18H,2-6,11-14H2,1H3,(H,22,23)/t15-,18-/m1/s1. The fourth-order valence-electron chi connectivity index (χ4n) is 4.02. The molecule has 2 saturated carbocycles. The van der Waals surface area contributed by atoms with Crippen LogP contribution in [0, 0.1) is 11.7 Å². The van der Waals surface area contributed by atoms with E-state index in [1.54, 1.807) is 12.1 Å². The molecule has 2 fully saturated rings. The number of ether oxygens (including phenoxy) is 1. The van der Waals surface area contributed by atoms with Gasteiger partial charge in [-0.3, -0.25) is 4.79 Å². The van der Waals surface area contributed by atoms with E-state index in [0.717, 1.165) is 31.2 Å². The number of carbonyl (C=O) groups excluding carboxylic acids is 1. The molecule has 1 aromatic carbocycles. The molecule has 132 valence electrons. The van der Waals surface area contributed by atoms with Crippen LogP contribution < -0.4 is 5.32 Å². The van der Waals surface area contributed by atoms with Gasteiger partial charge in [0.05, 0.1) is 18.1 Å². The number of carbonyl (C=O) groups is 1. The summed E-state index contributed by atoms with van der Waals surface area (Å²) in [5.41, 5.74) is 0.459. The molecule has 1 amide bonds. The first-order chi connectivity index (χ1) is 11.6. The summed E-state index contributed by atoms with van der Waals surface area (Å²) < 4.78 is 19.1.